The molecular weight excluding hydrogens is 400 g/mol. The summed E-state index contributed by atoms with van der Waals surface area (Å²) in [6.45, 7) is 5.83. The second-order valence-electron chi connectivity index (χ2n) is 8.76. The van der Waals surface area contributed by atoms with Crippen molar-refractivity contribution in [3.63, 3.8) is 0 Å². The molecular formula is C26H36N4O2. The van der Waals surface area contributed by atoms with Gasteiger partial charge in [-0.15, -0.1) is 0 Å². The van der Waals surface area contributed by atoms with Gasteiger partial charge in [0, 0.05) is 45.1 Å². The van der Waals surface area contributed by atoms with Crippen LogP contribution in [0, 0.1) is 5.92 Å². The van der Waals surface area contributed by atoms with Gasteiger partial charge in [0.2, 0.25) is 5.91 Å². The van der Waals surface area contributed by atoms with E-state index < -0.39 is 0 Å². The van der Waals surface area contributed by atoms with Crippen LogP contribution in [0.5, 0.6) is 0 Å². The molecule has 3 amide bonds. The summed E-state index contributed by atoms with van der Waals surface area (Å²) in [5.74, 6) is 0.624. The van der Waals surface area contributed by atoms with Crippen molar-refractivity contribution in [2.75, 3.05) is 37.4 Å². The fourth-order valence-electron chi connectivity index (χ4n) is 4.07. The van der Waals surface area contributed by atoms with Gasteiger partial charge in [-0.2, -0.15) is 0 Å². The Labute approximate surface area is 192 Å². The number of rotatable bonds is 10. The third-order valence-electron chi connectivity index (χ3n) is 5.91. The topological polar surface area (TPSA) is 64.7 Å². The van der Waals surface area contributed by atoms with Crippen LogP contribution < -0.4 is 15.5 Å². The zero-order valence-corrected chi connectivity index (χ0v) is 19.7. The van der Waals surface area contributed by atoms with Crippen LogP contribution in [0.15, 0.2) is 48.5 Å². The number of nitrogens with zero attached hydrogens (tertiary/aromatic N) is 2. The standard InChI is InChI=1S/C26H36N4O2/c1-5-23(20-10-8-7-9-11-20)25(31)30(17-19-12-13-19)18-21-16-22(28-26(32)27-6-2)14-15-24(21)29(3)4/h7-11,14-16,19,23H,5-6,12-13,17-18H2,1-4H3,(H2,27,28,32)/t23-/m0/s1. The molecule has 32 heavy (non-hydrogen) atoms. The zero-order chi connectivity index (χ0) is 23.1. The van der Waals surface area contributed by atoms with Gasteiger partial charge in [0.1, 0.15) is 0 Å². The molecule has 1 aliphatic carbocycles. The van der Waals surface area contributed by atoms with Crippen LogP contribution in [0.3, 0.4) is 0 Å². The lowest BCUT2D eigenvalue weighted by atomic mass is 9.94. The van der Waals surface area contributed by atoms with Gasteiger partial charge in [-0.1, -0.05) is 37.3 Å². The van der Waals surface area contributed by atoms with Gasteiger partial charge in [-0.05, 0) is 61.4 Å². The normalized spacial score (nSPS) is 13.9. The number of hydrogen-bond acceptors (Lipinski definition) is 3. The predicted molar refractivity (Wildman–Crippen MR) is 131 cm³/mol. The van der Waals surface area contributed by atoms with Gasteiger partial charge in [0.15, 0.2) is 0 Å². The molecule has 1 aliphatic rings. The smallest absolute Gasteiger partial charge is 0.319 e. The van der Waals surface area contributed by atoms with E-state index >= 15 is 0 Å². The highest BCUT2D eigenvalue weighted by atomic mass is 16.2. The number of amides is 3. The summed E-state index contributed by atoms with van der Waals surface area (Å²) in [7, 11) is 4.00. The molecule has 2 aromatic rings. The monoisotopic (exact) mass is 436 g/mol. The number of benzene rings is 2. The Bertz CT molecular complexity index is 909. The first-order valence-corrected chi connectivity index (χ1v) is 11.6. The minimum absolute atomic E-state index is 0.144. The molecule has 0 aliphatic heterocycles. The van der Waals surface area contributed by atoms with Crippen LogP contribution in [0.2, 0.25) is 0 Å². The second kappa shape index (κ2) is 11.0. The molecule has 1 fully saturated rings. The third kappa shape index (κ3) is 6.25. The van der Waals surface area contributed by atoms with Gasteiger partial charge in [0.05, 0.1) is 5.92 Å². The summed E-state index contributed by atoms with van der Waals surface area (Å²) in [5, 5.41) is 5.65. The maximum absolute atomic E-state index is 13.7. The first-order chi connectivity index (χ1) is 15.4. The molecule has 1 saturated carbocycles. The summed E-state index contributed by atoms with van der Waals surface area (Å²) in [6.07, 6.45) is 3.14. The molecule has 0 radical (unpaired) electrons. The van der Waals surface area contributed by atoms with Crippen molar-refractivity contribution < 1.29 is 9.59 Å². The Morgan fingerprint density at radius 1 is 1.06 bits per heavy atom. The minimum Gasteiger partial charge on any atom is -0.377 e. The largest absolute Gasteiger partial charge is 0.377 e. The number of urea groups is 1. The van der Waals surface area contributed by atoms with Crippen LogP contribution in [-0.2, 0) is 11.3 Å². The maximum atomic E-state index is 13.7. The lowest BCUT2D eigenvalue weighted by Gasteiger charge is -2.29. The molecule has 172 valence electrons. The SMILES string of the molecule is CCNC(=O)Nc1ccc(N(C)C)c(CN(CC2CC2)C(=O)[C@@H](CC)c2ccccc2)c1. The summed E-state index contributed by atoms with van der Waals surface area (Å²) >= 11 is 0. The number of carbonyl (C=O) groups excluding carboxylic acids is 2. The van der Waals surface area contributed by atoms with Crippen molar-refractivity contribution in [1.82, 2.24) is 10.2 Å². The maximum Gasteiger partial charge on any atom is 0.319 e. The van der Waals surface area contributed by atoms with Gasteiger partial charge < -0.3 is 20.4 Å². The quantitative estimate of drug-likeness (QED) is 0.561. The predicted octanol–water partition coefficient (Wildman–Crippen LogP) is 4.83. The highest BCUT2D eigenvalue weighted by Gasteiger charge is 2.31. The van der Waals surface area contributed by atoms with Gasteiger partial charge in [-0.25, -0.2) is 4.79 Å². The molecule has 1 atom stereocenters. The van der Waals surface area contributed by atoms with E-state index in [1.54, 1.807) is 0 Å². The molecule has 2 N–H and O–H groups in total. The molecule has 6 heteroatoms. The zero-order valence-electron chi connectivity index (χ0n) is 19.7. The Kier molecular flexibility index (Phi) is 8.14. The van der Waals surface area contributed by atoms with Crippen LogP contribution in [0.4, 0.5) is 16.2 Å². The van der Waals surface area contributed by atoms with Crippen LogP contribution in [0.1, 0.15) is 50.2 Å². The van der Waals surface area contributed by atoms with E-state index in [1.807, 2.05) is 74.4 Å². The molecule has 0 spiro atoms. The number of carbonyl (C=O) groups is 2. The van der Waals surface area contributed by atoms with E-state index in [1.165, 1.54) is 12.8 Å². The van der Waals surface area contributed by atoms with Crippen LogP contribution in [-0.4, -0.2) is 44.0 Å². The molecule has 0 bridgehead atoms. The molecule has 0 saturated heterocycles. The van der Waals surface area contributed by atoms with E-state index in [9.17, 15) is 9.59 Å². The summed E-state index contributed by atoms with van der Waals surface area (Å²) in [6, 6.07) is 15.7. The molecule has 0 unspecified atom stereocenters. The third-order valence-corrected chi connectivity index (χ3v) is 5.91. The van der Waals surface area contributed by atoms with Crippen molar-refractivity contribution in [3.05, 3.63) is 59.7 Å². The van der Waals surface area contributed by atoms with Crippen molar-refractivity contribution in [3.8, 4) is 0 Å². The fourth-order valence-corrected chi connectivity index (χ4v) is 4.07. The van der Waals surface area contributed by atoms with Crippen molar-refractivity contribution in [2.45, 2.75) is 45.6 Å². The summed E-state index contributed by atoms with van der Waals surface area (Å²) < 4.78 is 0. The van der Waals surface area contributed by atoms with E-state index in [2.05, 4.69) is 22.5 Å². The average Bonchev–Trinajstić information content (AvgIpc) is 3.59. The number of anilines is 2. The van der Waals surface area contributed by atoms with Crippen molar-refractivity contribution in [2.24, 2.45) is 5.92 Å². The van der Waals surface area contributed by atoms with Crippen molar-refractivity contribution >= 4 is 23.3 Å². The lowest BCUT2D eigenvalue weighted by molar-refractivity contribution is -0.133. The van der Waals surface area contributed by atoms with Crippen molar-refractivity contribution in [1.29, 1.82) is 0 Å². The second-order valence-corrected chi connectivity index (χ2v) is 8.76. The fraction of sp³-hybridized carbons (Fsp3) is 0.462. The Morgan fingerprint density at radius 3 is 2.38 bits per heavy atom. The van der Waals surface area contributed by atoms with Crippen LogP contribution in [0.25, 0.3) is 0 Å². The van der Waals surface area contributed by atoms with E-state index in [-0.39, 0.29) is 17.9 Å². The molecule has 6 nitrogen and oxygen atoms in total. The highest BCUT2D eigenvalue weighted by Crippen LogP contribution is 2.33. The van der Waals surface area contributed by atoms with Crippen LogP contribution >= 0.6 is 0 Å². The lowest BCUT2D eigenvalue weighted by Crippen LogP contribution is -2.36. The summed E-state index contributed by atoms with van der Waals surface area (Å²) in [5.41, 5.74) is 3.87. The van der Waals surface area contributed by atoms with E-state index in [0.717, 1.165) is 35.5 Å². The Hall–Kier alpha value is -3.02. The minimum atomic E-state index is -0.225. The van der Waals surface area contributed by atoms with E-state index in [4.69, 9.17) is 0 Å². The first kappa shape index (κ1) is 23.6. The Morgan fingerprint density at radius 2 is 1.78 bits per heavy atom. The molecule has 0 heterocycles. The summed E-state index contributed by atoms with van der Waals surface area (Å²) in [4.78, 5) is 29.8. The molecule has 0 aromatic heterocycles. The van der Waals surface area contributed by atoms with Gasteiger partial charge in [0.25, 0.3) is 0 Å². The van der Waals surface area contributed by atoms with Gasteiger partial charge >= 0.3 is 6.03 Å². The first-order valence-electron chi connectivity index (χ1n) is 11.6. The Balaban J connectivity index is 1.88. The molecule has 3 rings (SSSR count). The van der Waals surface area contributed by atoms with E-state index in [0.29, 0.717) is 19.0 Å². The highest BCUT2D eigenvalue weighted by molar-refractivity contribution is 5.89. The molecule has 2 aromatic carbocycles. The number of nitrogens with one attached hydrogen (secondary N) is 2. The number of hydrogen-bond donors (Lipinski definition) is 2. The van der Waals surface area contributed by atoms with Gasteiger partial charge in [-0.3, -0.25) is 4.79 Å². The average molecular weight is 437 g/mol.